The summed E-state index contributed by atoms with van der Waals surface area (Å²) in [5, 5.41) is 8.17. The van der Waals surface area contributed by atoms with Gasteiger partial charge in [-0.15, -0.1) is 0 Å². The van der Waals surface area contributed by atoms with Gasteiger partial charge in [-0.05, 0) is 25.0 Å². The van der Waals surface area contributed by atoms with Gasteiger partial charge in [0.2, 0.25) is 5.91 Å². The Balaban J connectivity index is 1.77. The number of methoxy groups -OCH3 is 1. The van der Waals surface area contributed by atoms with Gasteiger partial charge in [0, 0.05) is 18.9 Å². The van der Waals surface area contributed by atoms with E-state index >= 15 is 0 Å². The van der Waals surface area contributed by atoms with Crippen molar-refractivity contribution in [3.8, 4) is 11.5 Å². The number of carbonyl (C=O) groups is 2. The minimum atomic E-state index is -3.17. The number of benzene rings is 1. The maximum absolute atomic E-state index is 12.8. The molecule has 2 aliphatic rings. The molecule has 30 heavy (non-hydrogen) atoms. The molecule has 1 N–H and O–H groups in total. The monoisotopic (exact) mass is 437 g/mol. The average Bonchev–Trinajstić information content (AvgIpc) is 3.08. The number of unbranched alkanes of at least 4 members (excludes halogenated alkanes) is 1. The number of amides is 2. The third-order valence-electron chi connectivity index (χ3n) is 5.07. The van der Waals surface area contributed by atoms with Gasteiger partial charge in [-0.25, -0.2) is 13.4 Å². The minimum absolute atomic E-state index is 0.0285. The zero-order valence-corrected chi connectivity index (χ0v) is 18.0. The standard InChI is InChI=1S/C20H27N3O6S/c1-3-4-10-29-18-7-5-15(28-2)12-17(18)21-20(25)16-6-8-19(24)23(22-16)14-9-11-30(26,27)13-14/h5,7,12,14H,3-4,6,8-11,13H2,1-2H3,(H,21,25). The lowest BCUT2D eigenvalue weighted by atomic mass is 10.1. The number of nitrogens with zero attached hydrogens (tertiary/aromatic N) is 2. The second-order valence-corrected chi connectivity index (χ2v) is 9.59. The topological polar surface area (TPSA) is 114 Å². The van der Waals surface area contributed by atoms with Crippen molar-refractivity contribution in [2.45, 2.75) is 45.1 Å². The summed E-state index contributed by atoms with van der Waals surface area (Å²) in [4.78, 5) is 25.1. The van der Waals surface area contributed by atoms with Crippen LogP contribution in [0.3, 0.4) is 0 Å². The Kier molecular flexibility index (Phi) is 6.96. The first-order valence-electron chi connectivity index (χ1n) is 10.0. The summed E-state index contributed by atoms with van der Waals surface area (Å²) in [5.74, 6) is 0.263. The second kappa shape index (κ2) is 9.46. The van der Waals surface area contributed by atoms with E-state index in [2.05, 4.69) is 17.3 Å². The highest BCUT2D eigenvalue weighted by Gasteiger charge is 2.37. The van der Waals surface area contributed by atoms with Crippen LogP contribution in [0.15, 0.2) is 23.3 Å². The summed E-state index contributed by atoms with van der Waals surface area (Å²) in [7, 11) is -1.64. The zero-order chi connectivity index (χ0) is 21.7. The highest BCUT2D eigenvalue weighted by atomic mass is 32.2. The van der Waals surface area contributed by atoms with Crippen LogP contribution in [0.1, 0.15) is 39.0 Å². The molecule has 0 saturated carbocycles. The van der Waals surface area contributed by atoms with Crippen molar-refractivity contribution in [2.75, 3.05) is 30.5 Å². The molecule has 3 rings (SSSR count). The Morgan fingerprint density at radius 1 is 1.33 bits per heavy atom. The summed E-state index contributed by atoms with van der Waals surface area (Å²) in [6, 6.07) is 4.62. The van der Waals surface area contributed by atoms with Crippen molar-refractivity contribution in [3.63, 3.8) is 0 Å². The highest BCUT2D eigenvalue weighted by molar-refractivity contribution is 7.91. The number of anilines is 1. The first-order valence-corrected chi connectivity index (χ1v) is 11.9. The van der Waals surface area contributed by atoms with Gasteiger partial charge in [0.25, 0.3) is 5.91 Å². The summed E-state index contributed by atoms with van der Waals surface area (Å²) < 4.78 is 34.5. The van der Waals surface area contributed by atoms with E-state index in [0.717, 1.165) is 12.8 Å². The quantitative estimate of drug-likeness (QED) is 0.622. The Morgan fingerprint density at radius 3 is 2.80 bits per heavy atom. The molecule has 1 saturated heterocycles. The molecule has 0 aromatic heterocycles. The molecule has 9 nitrogen and oxygen atoms in total. The Labute approximate surface area is 176 Å². The molecule has 0 aliphatic carbocycles. The smallest absolute Gasteiger partial charge is 0.271 e. The van der Waals surface area contributed by atoms with Gasteiger partial charge in [-0.3, -0.25) is 9.59 Å². The first-order chi connectivity index (χ1) is 14.3. The number of hydrogen-bond acceptors (Lipinski definition) is 7. The van der Waals surface area contributed by atoms with E-state index in [1.54, 1.807) is 18.2 Å². The lowest BCUT2D eigenvalue weighted by molar-refractivity contribution is -0.133. The van der Waals surface area contributed by atoms with Crippen molar-refractivity contribution in [1.29, 1.82) is 0 Å². The fourth-order valence-corrected chi connectivity index (χ4v) is 5.06. The van der Waals surface area contributed by atoms with Crippen LogP contribution in [0, 0.1) is 0 Å². The lowest BCUT2D eigenvalue weighted by Crippen LogP contribution is -2.42. The van der Waals surface area contributed by atoms with Gasteiger partial charge in [0.1, 0.15) is 17.2 Å². The van der Waals surface area contributed by atoms with Crippen molar-refractivity contribution in [3.05, 3.63) is 18.2 Å². The molecule has 1 atom stereocenters. The van der Waals surface area contributed by atoms with E-state index in [-0.39, 0.29) is 36.0 Å². The molecule has 2 heterocycles. The van der Waals surface area contributed by atoms with E-state index in [9.17, 15) is 18.0 Å². The zero-order valence-electron chi connectivity index (χ0n) is 17.2. The van der Waals surface area contributed by atoms with Crippen molar-refractivity contribution in [2.24, 2.45) is 5.10 Å². The summed E-state index contributed by atoms with van der Waals surface area (Å²) in [6.45, 7) is 2.58. The molecule has 0 bridgehead atoms. The van der Waals surface area contributed by atoms with Crippen LogP contribution in [0.4, 0.5) is 5.69 Å². The van der Waals surface area contributed by atoms with E-state index in [1.807, 2.05) is 0 Å². The molecule has 1 aromatic rings. The van der Waals surface area contributed by atoms with Crippen molar-refractivity contribution in [1.82, 2.24) is 5.01 Å². The minimum Gasteiger partial charge on any atom is -0.497 e. The molecule has 164 valence electrons. The fourth-order valence-electron chi connectivity index (χ4n) is 3.37. The number of sulfone groups is 1. The van der Waals surface area contributed by atoms with Crippen LogP contribution >= 0.6 is 0 Å². The van der Waals surface area contributed by atoms with Gasteiger partial charge in [-0.2, -0.15) is 5.10 Å². The summed E-state index contributed by atoms with van der Waals surface area (Å²) >= 11 is 0. The highest BCUT2D eigenvalue weighted by Crippen LogP contribution is 2.30. The molecule has 10 heteroatoms. The molecular weight excluding hydrogens is 410 g/mol. The second-order valence-electron chi connectivity index (χ2n) is 7.36. The maximum atomic E-state index is 12.8. The van der Waals surface area contributed by atoms with E-state index in [0.29, 0.717) is 30.2 Å². The van der Waals surface area contributed by atoms with Crippen LogP contribution < -0.4 is 14.8 Å². The van der Waals surface area contributed by atoms with E-state index in [1.165, 1.54) is 12.1 Å². The summed E-state index contributed by atoms with van der Waals surface area (Å²) in [6.07, 6.45) is 2.50. The molecule has 2 aliphatic heterocycles. The van der Waals surface area contributed by atoms with Crippen molar-refractivity contribution >= 4 is 33.1 Å². The van der Waals surface area contributed by atoms with Gasteiger partial charge < -0.3 is 14.8 Å². The number of hydrazone groups is 1. The number of carbonyl (C=O) groups excluding carboxylic acids is 2. The summed E-state index contributed by atoms with van der Waals surface area (Å²) in [5.41, 5.74) is 0.631. The fraction of sp³-hybridized carbons (Fsp3) is 0.550. The number of rotatable bonds is 8. The molecule has 1 unspecified atom stereocenters. The van der Waals surface area contributed by atoms with Gasteiger partial charge in [-0.1, -0.05) is 13.3 Å². The Morgan fingerprint density at radius 2 is 2.13 bits per heavy atom. The third-order valence-corrected chi connectivity index (χ3v) is 6.82. The van der Waals surface area contributed by atoms with Crippen molar-refractivity contribution < 1.29 is 27.5 Å². The Bertz CT molecular complexity index is 944. The molecular formula is C20H27N3O6S. The van der Waals surface area contributed by atoms with Crippen LogP contribution in [0.25, 0.3) is 0 Å². The molecule has 2 amide bonds. The largest absolute Gasteiger partial charge is 0.497 e. The normalized spacial score (nSPS) is 20.6. The van der Waals surface area contributed by atoms with Crippen LogP contribution in [-0.4, -0.2) is 62.2 Å². The maximum Gasteiger partial charge on any atom is 0.271 e. The van der Waals surface area contributed by atoms with Crippen LogP contribution in [-0.2, 0) is 19.4 Å². The predicted molar refractivity (Wildman–Crippen MR) is 113 cm³/mol. The number of ether oxygens (including phenoxy) is 2. The van der Waals surface area contributed by atoms with Gasteiger partial charge in [0.15, 0.2) is 9.84 Å². The van der Waals surface area contributed by atoms with Gasteiger partial charge >= 0.3 is 0 Å². The molecule has 0 radical (unpaired) electrons. The van der Waals surface area contributed by atoms with E-state index < -0.39 is 21.8 Å². The predicted octanol–water partition coefficient (Wildman–Crippen LogP) is 1.98. The molecule has 1 aromatic carbocycles. The first kappa shape index (κ1) is 22.1. The average molecular weight is 438 g/mol. The number of hydrogen-bond donors (Lipinski definition) is 1. The van der Waals surface area contributed by atoms with Crippen LogP contribution in [0.5, 0.6) is 11.5 Å². The van der Waals surface area contributed by atoms with Crippen LogP contribution in [0.2, 0.25) is 0 Å². The van der Waals surface area contributed by atoms with Gasteiger partial charge in [0.05, 0.1) is 37.0 Å². The molecule has 1 fully saturated rings. The Hall–Kier alpha value is -2.62. The third kappa shape index (κ3) is 5.29. The molecule has 0 spiro atoms. The SMILES string of the molecule is CCCCOc1ccc(OC)cc1NC(=O)C1=NN(C2CCS(=O)(=O)C2)C(=O)CC1. The number of nitrogens with one attached hydrogen (secondary N) is 1. The van der Waals surface area contributed by atoms with E-state index in [4.69, 9.17) is 9.47 Å². The lowest BCUT2D eigenvalue weighted by Gasteiger charge is -2.27.